The van der Waals surface area contributed by atoms with Gasteiger partial charge in [-0.1, -0.05) is 0 Å². The van der Waals surface area contributed by atoms with Crippen LogP contribution in [0.25, 0.3) is 5.00 Å². The zero-order valence-corrected chi connectivity index (χ0v) is 15.0. The largest absolute Gasteiger partial charge is 0.396 e. The molecule has 0 aromatic carbocycles. The average molecular weight is 348 g/mol. The molecule has 1 fully saturated rings. The number of thiophene rings is 1. The normalized spacial score (nSPS) is 17.0. The Balaban J connectivity index is 1.76. The van der Waals surface area contributed by atoms with Crippen LogP contribution in [0.1, 0.15) is 34.6 Å². The Morgan fingerprint density at radius 2 is 1.96 bits per heavy atom. The van der Waals surface area contributed by atoms with E-state index in [4.69, 9.17) is 4.74 Å². The minimum absolute atomic E-state index is 0.0724. The van der Waals surface area contributed by atoms with Crippen LogP contribution in [0.4, 0.5) is 0 Å². The lowest BCUT2D eigenvalue weighted by atomic mass is 9.81. The predicted molar refractivity (Wildman–Crippen MR) is 95.0 cm³/mol. The van der Waals surface area contributed by atoms with Gasteiger partial charge in [0.15, 0.2) is 0 Å². The third-order valence-electron chi connectivity index (χ3n) is 4.88. The molecule has 24 heavy (non-hydrogen) atoms. The minimum atomic E-state index is -0.261. The summed E-state index contributed by atoms with van der Waals surface area (Å²) in [5, 5.41) is 15.7. The van der Waals surface area contributed by atoms with Crippen LogP contribution in [0.3, 0.4) is 0 Å². The maximum atomic E-state index is 12.7. The topological polar surface area (TPSA) is 63.5 Å². The Hall–Kier alpha value is -1.63. The summed E-state index contributed by atoms with van der Waals surface area (Å²) in [6, 6.07) is 5.98. The van der Waals surface area contributed by atoms with Crippen molar-refractivity contribution in [3.8, 4) is 5.00 Å². The van der Waals surface area contributed by atoms with Gasteiger partial charge in [0.2, 0.25) is 0 Å². The highest BCUT2D eigenvalue weighted by atomic mass is 32.1. The van der Waals surface area contributed by atoms with Crippen molar-refractivity contribution < 1.29 is 14.6 Å². The Kier molecular flexibility index (Phi) is 5.08. The number of hydrogen-bond donors (Lipinski definition) is 2. The Morgan fingerprint density at radius 1 is 1.29 bits per heavy atom. The molecular weight excluding hydrogens is 324 g/mol. The van der Waals surface area contributed by atoms with E-state index in [-0.39, 0.29) is 17.9 Å². The van der Waals surface area contributed by atoms with Crippen LogP contribution in [-0.4, -0.2) is 41.9 Å². The molecule has 0 saturated carbocycles. The quantitative estimate of drug-likeness (QED) is 0.873. The molecule has 2 aromatic heterocycles. The minimum Gasteiger partial charge on any atom is -0.396 e. The summed E-state index contributed by atoms with van der Waals surface area (Å²) in [6.07, 6.45) is 1.55. The summed E-state index contributed by atoms with van der Waals surface area (Å²) in [5.41, 5.74) is 2.65. The molecule has 2 N–H and O–H groups in total. The van der Waals surface area contributed by atoms with E-state index in [1.54, 1.807) is 11.3 Å². The number of nitrogens with one attached hydrogen (secondary N) is 1. The lowest BCUT2D eigenvalue weighted by molar-refractivity contribution is -0.0146. The van der Waals surface area contributed by atoms with E-state index < -0.39 is 0 Å². The fraction of sp³-hybridized carbons (Fsp3) is 0.500. The predicted octanol–water partition coefficient (Wildman–Crippen LogP) is 2.67. The molecule has 0 spiro atoms. The van der Waals surface area contributed by atoms with Crippen molar-refractivity contribution in [2.75, 3.05) is 26.4 Å². The lowest BCUT2D eigenvalue weighted by Crippen LogP contribution is -2.43. The van der Waals surface area contributed by atoms with E-state index in [9.17, 15) is 9.90 Å². The molecule has 0 aliphatic carbocycles. The van der Waals surface area contributed by atoms with Crippen molar-refractivity contribution in [1.29, 1.82) is 0 Å². The molecule has 0 unspecified atom stereocenters. The molecule has 0 atom stereocenters. The molecule has 6 heteroatoms. The second kappa shape index (κ2) is 7.09. The van der Waals surface area contributed by atoms with Crippen LogP contribution < -0.4 is 5.32 Å². The van der Waals surface area contributed by atoms with Gasteiger partial charge in [0.05, 0.1) is 12.2 Å². The van der Waals surface area contributed by atoms with Crippen LogP contribution in [0, 0.1) is 19.3 Å². The van der Waals surface area contributed by atoms with Crippen molar-refractivity contribution >= 4 is 17.2 Å². The summed E-state index contributed by atoms with van der Waals surface area (Å²) in [4.78, 5) is 12.7. The van der Waals surface area contributed by atoms with Gasteiger partial charge in [-0.05, 0) is 50.3 Å². The molecule has 1 amide bonds. The molecule has 0 radical (unpaired) electrons. The monoisotopic (exact) mass is 348 g/mol. The van der Waals surface area contributed by atoms with Gasteiger partial charge in [-0.2, -0.15) is 0 Å². The number of aryl methyl sites for hydroxylation is 2. The van der Waals surface area contributed by atoms with Crippen LogP contribution in [-0.2, 0) is 4.74 Å². The summed E-state index contributed by atoms with van der Waals surface area (Å²) < 4.78 is 7.48. The number of aliphatic hydroxyl groups is 1. The number of nitrogens with zero attached hydrogens (tertiary/aromatic N) is 1. The number of carbonyl (C=O) groups excluding carboxylic acids is 1. The van der Waals surface area contributed by atoms with E-state index in [2.05, 4.69) is 22.0 Å². The van der Waals surface area contributed by atoms with E-state index in [0.717, 1.165) is 29.2 Å². The van der Waals surface area contributed by atoms with Gasteiger partial charge in [0.1, 0.15) is 5.00 Å². The molecule has 1 saturated heterocycles. The Bertz CT molecular complexity index is 694. The first kappa shape index (κ1) is 17.2. The van der Waals surface area contributed by atoms with Gasteiger partial charge in [-0.15, -0.1) is 11.3 Å². The molecule has 0 bridgehead atoms. The first-order chi connectivity index (χ1) is 11.6. The number of aromatic nitrogens is 1. The summed E-state index contributed by atoms with van der Waals surface area (Å²) >= 11 is 1.56. The van der Waals surface area contributed by atoms with E-state index in [1.165, 1.54) is 0 Å². The molecule has 130 valence electrons. The average Bonchev–Trinajstić information content (AvgIpc) is 3.20. The van der Waals surface area contributed by atoms with Crippen LogP contribution in [0.2, 0.25) is 0 Å². The van der Waals surface area contributed by atoms with Crippen molar-refractivity contribution in [2.45, 2.75) is 26.7 Å². The fourth-order valence-electron chi connectivity index (χ4n) is 3.19. The van der Waals surface area contributed by atoms with E-state index in [0.29, 0.717) is 25.3 Å². The number of carbonyl (C=O) groups is 1. The van der Waals surface area contributed by atoms with E-state index >= 15 is 0 Å². The molecule has 1 aliphatic heterocycles. The Morgan fingerprint density at radius 3 is 2.58 bits per heavy atom. The van der Waals surface area contributed by atoms with Crippen LogP contribution in [0.5, 0.6) is 0 Å². The van der Waals surface area contributed by atoms with Gasteiger partial charge in [0, 0.05) is 36.6 Å². The highest BCUT2D eigenvalue weighted by Gasteiger charge is 2.32. The van der Waals surface area contributed by atoms with Gasteiger partial charge in [0.25, 0.3) is 5.91 Å². The summed E-state index contributed by atoms with van der Waals surface area (Å²) in [5.74, 6) is -0.0851. The van der Waals surface area contributed by atoms with Crippen molar-refractivity contribution in [3.05, 3.63) is 40.5 Å². The third kappa shape index (κ3) is 3.27. The molecule has 3 rings (SSSR count). The summed E-state index contributed by atoms with van der Waals surface area (Å²) in [6.45, 7) is 5.91. The Labute approximate surface area is 146 Å². The molecule has 2 aromatic rings. The number of rotatable bonds is 5. The van der Waals surface area contributed by atoms with E-state index in [1.807, 2.05) is 25.3 Å². The highest BCUT2D eigenvalue weighted by Crippen LogP contribution is 2.30. The molecular formula is C18H24N2O3S. The number of ether oxygens (including phenoxy) is 1. The maximum absolute atomic E-state index is 12.7. The van der Waals surface area contributed by atoms with Gasteiger partial charge >= 0.3 is 0 Å². The molecule has 3 heterocycles. The number of amides is 1. The van der Waals surface area contributed by atoms with Crippen molar-refractivity contribution in [1.82, 2.24) is 9.88 Å². The fourth-order valence-corrected chi connectivity index (χ4v) is 4.21. The van der Waals surface area contributed by atoms with Gasteiger partial charge in [-0.25, -0.2) is 0 Å². The molecule has 5 nitrogen and oxygen atoms in total. The van der Waals surface area contributed by atoms with Crippen molar-refractivity contribution in [2.24, 2.45) is 5.41 Å². The second-order valence-corrected chi connectivity index (χ2v) is 7.44. The van der Waals surface area contributed by atoms with Crippen molar-refractivity contribution in [3.63, 3.8) is 0 Å². The SMILES string of the molecule is Cc1ccc(C)n1-c1sccc1C(=O)NCC1(CO)CCOCC1. The van der Waals surface area contributed by atoms with Crippen LogP contribution >= 0.6 is 11.3 Å². The zero-order chi connectivity index (χ0) is 17.2. The number of aliphatic hydroxyl groups excluding tert-OH is 1. The lowest BCUT2D eigenvalue weighted by Gasteiger charge is -2.35. The summed E-state index contributed by atoms with van der Waals surface area (Å²) in [7, 11) is 0. The maximum Gasteiger partial charge on any atom is 0.254 e. The second-order valence-electron chi connectivity index (χ2n) is 6.54. The van der Waals surface area contributed by atoms with Crippen LogP contribution in [0.15, 0.2) is 23.6 Å². The van der Waals surface area contributed by atoms with Gasteiger partial charge in [-0.3, -0.25) is 4.79 Å². The third-order valence-corrected chi connectivity index (χ3v) is 5.77. The zero-order valence-electron chi connectivity index (χ0n) is 14.2. The standard InChI is InChI=1S/C18H24N2O3S/c1-13-3-4-14(2)20(13)17-15(5-10-24-17)16(22)19-11-18(12-21)6-8-23-9-7-18/h3-5,10,21H,6-9,11-12H2,1-2H3,(H,19,22). The first-order valence-corrected chi connectivity index (χ1v) is 9.14. The molecule has 1 aliphatic rings. The van der Waals surface area contributed by atoms with Gasteiger partial charge < -0.3 is 19.7 Å². The number of hydrogen-bond acceptors (Lipinski definition) is 4. The smallest absolute Gasteiger partial charge is 0.254 e. The highest BCUT2D eigenvalue weighted by molar-refractivity contribution is 7.13. The first-order valence-electron chi connectivity index (χ1n) is 8.26.